The van der Waals surface area contributed by atoms with E-state index in [4.69, 9.17) is 0 Å². The van der Waals surface area contributed by atoms with E-state index in [1.807, 2.05) is 0 Å². The normalized spacial score (nSPS) is 14.5. The van der Waals surface area contributed by atoms with E-state index < -0.39 is 5.41 Å². The Morgan fingerprint density at radius 3 is 1.43 bits per heavy atom. The molecule has 0 aliphatic heterocycles. The highest BCUT2D eigenvalue weighted by Crippen LogP contribution is 2.64. The zero-order chi connectivity index (χ0) is 35.3. The number of fused-ring (bicyclic) bond motifs is 13. The van der Waals surface area contributed by atoms with Gasteiger partial charge in [-0.1, -0.05) is 178 Å². The summed E-state index contributed by atoms with van der Waals surface area (Å²) in [7, 11) is 0. The van der Waals surface area contributed by atoms with E-state index >= 15 is 0 Å². The van der Waals surface area contributed by atoms with Crippen LogP contribution in [0.2, 0.25) is 0 Å². The Hall–Kier alpha value is -6.44. The molecule has 3 aliphatic carbocycles. The van der Waals surface area contributed by atoms with Gasteiger partial charge in [-0.2, -0.15) is 0 Å². The summed E-state index contributed by atoms with van der Waals surface area (Å²) in [6.07, 6.45) is 0. The summed E-state index contributed by atoms with van der Waals surface area (Å²) in [6, 6.07) is 70.1. The van der Waals surface area contributed by atoms with Crippen molar-refractivity contribution in [1.29, 1.82) is 0 Å². The van der Waals surface area contributed by atoms with Crippen molar-refractivity contribution in [2.75, 3.05) is 4.90 Å². The lowest BCUT2D eigenvalue weighted by molar-refractivity contribution is 0.661. The van der Waals surface area contributed by atoms with Crippen LogP contribution in [0.4, 0.5) is 17.1 Å². The van der Waals surface area contributed by atoms with Crippen LogP contribution in [0.25, 0.3) is 44.5 Å². The van der Waals surface area contributed by atoms with Gasteiger partial charge in [0.2, 0.25) is 0 Å². The van der Waals surface area contributed by atoms with Crippen molar-refractivity contribution in [3.63, 3.8) is 0 Å². The minimum atomic E-state index is -0.423. The molecule has 0 saturated carbocycles. The molecule has 0 aromatic heterocycles. The monoisotopic (exact) mass is 676 g/mol. The second kappa shape index (κ2) is 11.0. The van der Waals surface area contributed by atoms with Crippen LogP contribution >= 0.6 is 0 Å². The number of hydrogen-bond donors (Lipinski definition) is 0. The van der Waals surface area contributed by atoms with Gasteiger partial charge in [0.05, 0.1) is 16.8 Å². The van der Waals surface area contributed by atoms with Gasteiger partial charge in [-0.05, 0) is 96.6 Å². The standard InChI is InChI=1S/C52H37N.H/c1-51(2)43-25-11-6-23-40(43)42-24-16-30-49(50(42)51)53(48-29-15-10-19-36(48)34-17-4-3-5-18-34)35-31-32-41-39-22-9-14-28-46(39)52(47(41)33-35)44-26-12-7-20-37(44)38-21-8-13-27-45(38)52;/h3-33H,1-2H3;/q;-1. The molecule has 0 N–H and O–H groups in total. The summed E-state index contributed by atoms with van der Waals surface area (Å²) >= 11 is 0. The molecule has 0 heterocycles. The van der Waals surface area contributed by atoms with Crippen molar-refractivity contribution in [3.05, 3.63) is 221 Å². The lowest BCUT2D eigenvalue weighted by atomic mass is 9.70. The van der Waals surface area contributed by atoms with Gasteiger partial charge >= 0.3 is 0 Å². The summed E-state index contributed by atoms with van der Waals surface area (Å²) in [4.78, 5) is 2.55. The first kappa shape index (κ1) is 30.2. The Kier molecular flexibility index (Phi) is 6.29. The molecule has 0 atom stereocenters. The lowest BCUT2D eigenvalue weighted by Crippen LogP contribution is -2.26. The molecule has 0 saturated heterocycles. The first-order chi connectivity index (χ1) is 26.1. The van der Waals surface area contributed by atoms with Crippen LogP contribution in [0.3, 0.4) is 0 Å². The Balaban J connectivity index is 0.00000361. The third-order valence-corrected chi connectivity index (χ3v) is 12.3. The summed E-state index contributed by atoms with van der Waals surface area (Å²) in [5.41, 5.74) is 21.4. The molecule has 53 heavy (non-hydrogen) atoms. The fourth-order valence-electron chi connectivity index (χ4n) is 10.2. The SMILES string of the molecule is CC1(C)c2ccccc2-c2cccc(N(c3ccc4c(c3)C3(c5ccccc5-c5ccccc53)c3ccccc3-4)c3ccccc3-c3ccccc3)c21.[H-]. The maximum Gasteiger partial charge on any atom is 0.0726 e. The molecule has 1 nitrogen and oxygen atoms in total. The van der Waals surface area contributed by atoms with Gasteiger partial charge in [0.1, 0.15) is 0 Å². The highest BCUT2D eigenvalue weighted by molar-refractivity contribution is 5.98. The molecule has 252 valence electrons. The Morgan fingerprint density at radius 2 is 0.811 bits per heavy atom. The second-order valence-corrected chi connectivity index (χ2v) is 15.2. The Morgan fingerprint density at radius 1 is 0.358 bits per heavy atom. The molecule has 0 bridgehead atoms. The van der Waals surface area contributed by atoms with Crippen LogP contribution in [0.1, 0.15) is 48.7 Å². The molecule has 3 aliphatic rings. The van der Waals surface area contributed by atoms with Gasteiger partial charge in [-0.25, -0.2) is 0 Å². The molecule has 1 spiro atoms. The molecule has 0 fully saturated rings. The number of anilines is 3. The van der Waals surface area contributed by atoms with Crippen molar-refractivity contribution in [2.24, 2.45) is 0 Å². The minimum absolute atomic E-state index is 0. The van der Waals surface area contributed by atoms with E-state index in [-0.39, 0.29) is 6.84 Å². The topological polar surface area (TPSA) is 3.24 Å². The number of para-hydroxylation sites is 1. The number of hydrogen-bond acceptors (Lipinski definition) is 1. The number of nitrogens with zero attached hydrogens (tertiary/aromatic N) is 1. The van der Waals surface area contributed by atoms with E-state index in [1.165, 1.54) is 83.6 Å². The van der Waals surface area contributed by atoms with Gasteiger partial charge < -0.3 is 6.33 Å². The molecule has 11 rings (SSSR count). The third-order valence-electron chi connectivity index (χ3n) is 12.3. The van der Waals surface area contributed by atoms with E-state index in [2.05, 4.69) is 207 Å². The van der Waals surface area contributed by atoms with E-state index in [0.29, 0.717) is 0 Å². The minimum Gasteiger partial charge on any atom is -1.00 e. The lowest BCUT2D eigenvalue weighted by Gasteiger charge is -2.35. The summed E-state index contributed by atoms with van der Waals surface area (Å²) in [5, 5.41) is 0. The quantitative estimate of drug-likeness (QED) is 0.179. The van der Waals surface area contributed by atoms with Gasteiger partial charge in [0.15, 0.2) is 0 Å². The first-order valence-electron chi connectivity index (χ1n) is 18.7. The van der Waals surface area contributed by atoms with Crippen molar-refractivity contribution in [3.8, 4) is 44.5 Å². The van der Waals surface area contributed by atoms with Gasteiger partial charge in [-0.15, -0.1) is 0 Å². The summed E-state index contributed by atoms with van der Waals surface area (Å²) < 4.78 is 0. The predicted octanol–water partition coefficient (Wildman–Crippen LogP) is 13.6. The highest BCUT2D eigenvalue weighted by Gasteiger charge is 2.51. The third kappa shape index (κ3) is 3.97. The maximum atomic E-state index is 2.55. The molecular formula is C52H38N-. The zero-order valence-corrected chi connectivity index (χ0v) is 29.8. The van der Waals surface area contributed by atoms with Crippen molar-refractivity contribution in [1.82, 2.24) is 0 Å². The molecule has 0 unspecified atom stereocenters. The molecule has 8 aromatic carbocycles. The van der Waals surface area contributed by atoms with Crippen LogP contribution in [0, 0.1) is 0 Å². The molecule has 0 amide bonds. The highest BCUT2D eigenvalue weighted by atomic mass is 15.1. The molecular weight excluding hydrogens is 639 g/mol. The van der Waals surface area contributed by atoms with Gasteiger partial charge in [0.25, 0.3) is 0 Å². The van der Waals surface area contributed by atoms with Gasteiger partial charge in [0, 0.05) is 16.7 Å². The smallest absolute Gasteiger partial charge is 0.0726 e. The van der Waals surface area contributed by atoms with Crippen LogP contribution in [0.15, 0.2) is 188 Å². The summed E-state index contributed by atoms with van der Waals surface area (Å²) in [6.45, 7) is 4.78. The average molecular weight is 677 g/mol. The molecule has 8 aromatic rings. The molecule has 1 heteroatoms. The van der Waals surface area contributed by atoms with Gasteiger partial charge in [-0.3, -0.25) is 0 Å². The fraction of sp³-hybridized carbons (Fsp3) is 0.0769. The fourth-order valence-corrected chi connectivity index (χ4v) is 10.2. The van der Waals surface area contributed by atoms with Crippen LogP contribution in [-0.4, -0.2) is 0 Å². The van der Waals surface area contributed by atoms with E-state index in [9.17, 15) is 0 Å². The van der Waals surface area contributed by atoms with Crippen molar-refractivity contribution < 1.29 is 1.43 Å². The predicted molar refractivity (Wildman–Crippen MR) is 222 cm³/mol. The molecule has 0 radical (unpaired) electrons. The number of rotatable bonds is 4. The van der Waals surface area contributed by atoms with Crippen molar-refractivity contribution >= 4 is 17.1 Å². The first-order valence-corrected chi connectivity index (χ1v) is 18.7. The Labute approximate surface area is 313 Å². The van der Waals surface area contributed by atoms with Crippen molar-refractivity contribution in [2.45, 2.75) is 24.7 Å². The van der Waals surface area contributed by atoms with Crippen LogP contribution in [-0.2, 0) is 10.8 Å². The average Bonchev–Trinajstić information content (AvgIpc) is 3.77. The second-order valence-electron chi connectivity index (χ2n) is 15.2. The summed E-state index contributed by atoms with van der Waals surface area (Å²) in [5.74, 6) is 0. The maximum absolute atomic E-state index is 2.55. The largest absolute Gasteiger partial charge is 1.00 e. The Bertz CT molecular complexity index is 2710. The number of benzene rings is 8. The van der Waals surface area contributed by atoms with Crippen LogP contribution in [0.5, 0.6) is 0 Å². The zero-order valence-electron chi connectivity index (χ0n) is 30.8. The van der Waals surface area contributed by atoms with Crippen LogP contribution < -0.4 is 4.90 Å². The van der Waals surface area contributed by atoms with E-state index in [0.717, 1.165) is 11.4 Å². The van der Waals surface area contributed by atoms with E-state index in [1.54, 1.807) is 0 Å².